The van der Waals surface area contributed by atoms with Crippen molar-refractivity contribution in [3.63, 3.8) is 0 Å². The molecule has 0 radical (unpaired) electrons. The van der Waals surface area contributed by atoms with E-state index in [4.69, 9.17) is 5.73 Å². The van der Waals surface area contributed by atoms with Crippen molar-refractivity contribution in [2.75, 3.05) is 0 Å². The Bertz CT molecular complexity index is 246. The molecule has 2 N–H and O–H groups in total. The summed E-state index contributed by atoms with van der Waals surface area (Å²) in [6.07, 6.45) is 3.37. The van der Waals surface area contributed by atoms with Crippen LogP contribution < -0.4 is 5.73 Å². The highest BCUT2D eigenvalue weighted by Crippen LogP contribution is 2.22. The Morgan fingerprint density at radius 1 is 1.43 bits per heavy atom. The maximum atomic E-state index is 6.08. The number of rotatable bonds is 4. The topological polar surface area (TPSA) is 26.0 Å². The van der Waals surface area contributed by atoms with Gasteiger partial charge in [-0.2, -0.15) is 0 Å². The molecule has 80 valence electrons. The minimum Gasteiger partial charge on any atom is -0.327 e. The highest BCUT2D eigenvalue weighted by atomic mass is 32.1. The van der Waals surface area contributed by atoms with Crippen LogP contribution in [0.3, 0.4) is 0 Å². The quantitative estimate of drug-likeness (QED) is 0.811. The lowest BCUT2D eigenvalue weighted by Crippen LogP contribution is -2.24. The first-order chi connectivity index (χ1) is 6.47. The monoisotopic (exact) mass is 211 g/mol. The first kappa shape index (κ1) is 11.7. The molecule has 0 saturated carbocycles. The van der Waals surface area contributed by atoms with Gasteiger partial charge in [0.2, 0.25) is 0 Å². The molecular weight excluding hydrogens is 190 g/mol. The van der Waals surface area contributed by atoms with Crippen molar-refractivity contribution in [3.05, 3.63) is 22.4 Å². The predicted octanol–water partition coefficient (Wildman–Crippen LogP) is 3.44. The van der Waals surface area contributed by atoms with Gasteiger partial charge in [-0.25, -0.2) is 0 Å². The van der Waals surface area contributed by atoms with Gasteiger partial charge in [-0.1, -0.05) is 26.8 Å². The minimum atomic E-state index is 0.327. The molecule has 0 aromatic carbocycles. The number of hydrogen-bond donors (Lipinski definition) is 1. The van der Waals surface area contributed by atoms with Crippen molar-refractivity contribution in [1.29, 1.82) is 0 Å². The van der Waals surface area contributed by atoms with E-state index in [-0.39, 0.29) is 0 Å². The van der Waals surface area contributed by atoms with E-state index in [9.17, 15) is 0 Å². The van der Waals surface area contributed by atoms with Gasteiger partial charge >= 0.3 is 0 Å². The lowest BCUT2D eigenvalue weighted by atomic mass is 9.88. The third-order valence-electron chi connectivity index (χ3n) is 2.31. The Morgan fingerprint density at radius 2 is 2.14 bits per heavy atom. The molecule has 2 heteroatoms. The SMILES string of the molecule is CC(C)(C)CCC(N)Cc1cccs1. The van der Waals surface area contributed by atoms with Crippen LogP contribution in [0.5, 0.6) is 0 Å². The highest BCUT2D eigenvalue weighted by Gasteiger charge is 2.13. The summed E-state index contributed by atoms with van der Waals surface area (Å²) in [6, 6.07) is 4.59. The molecule has 0 spiro atoms. The third kappa shape index (κ3) is 4.77. The second-order valence-corrected chi connectivity index (χ2v) is 6.18. The summed E-state index contributed by atoms with van der Waals surface area (Å²) in [4.78, 5) is 1.41. The Kier molecular flexibility index (Phi) is 4.14. The van der Waals surface area contributed by atoms with E-state index in [0.717, 1.165) is 12.8 Å². The normalized spacial score (nSPS) is 14.3. The maximum absolute atomic E-state index is 6.08. The van der Waals surface area contributed by atoms with Gasteiger partial charge < -0.3 is 5.73 Å². The molecule has 1 nitrogen and oxygen atoms in total. The summed E-state index contributed by atoms with van der Waals surface area (Å²) >= 11 is 1.80. The zero-order chi connectivity index (χ0) is 10.6. The van der Waals surface area contributed by atoms with E-state index >= 15 is 0 Å². The molecule has 1 aromatic heterocycles. The summed E-state index contributed by atoms with van der Waals surface area (Å²) in [5, 5.41) is 2.12. The Labute approximate surface area is 91.3 Å². The molecule has 1 aromatic rings. The summed E-state index contributed by atoms with van der Waals surface area (Å²) < 4.78 is 0. The largest absolute Gasteiger partial charge is 0.327 e. The van der Waals surface area contributed by atoms with Crippen molar-refractivity contribution in [3.8, 4) is 0 Å². The number of hydrogen-bond acceptors (Lipinski definition) is 2. The van der Waals surface area contributed by atoms with E-state index in [1.165, 1.54) is 11.3 Å². The van der Waals surface area contributed by atoms with Crippen LogP contribution in [0.1, 0.15) is 38.5 Å². The molecule has 0 aliphatic carbocycles. The van der Waals surface area contributed by atoms with Crippen LogP contribution in [0, 0.1) is 5.41 Å². The summed E-state index contributed by atoms with van der Waals surface area (Å²) in [5.74, 6) is 0. The number of nitrogens with two attached hydrogens (primary N) is 1. The predicted molar refractivity (Wildman–Crippen MR) is 64.7 cm³/mol. The van der Waals surface area contributed by atoms with Crippen molar-refractivity contribution in [1.82, 2.24) is 0 Å². The Morgan fingerprint density at radius 3 is 2.64 bits per heavy atom. The average molecular weight is 211 g/mol. The lowest BCUT2D eigenvalue weighted by molar-refractivity contribution is 0.347. The zero-order valence-electron chi connectivity index (χ0n) is 9.42. The van der Waals surface area contributed by atoms with Gasteiger partial charge in [-0.05, 0) is 36.1 Å². The molecule has 14 heavy (non-hydrogen) atoms. The molecule has 0 amide bonds. The third-order valence-corrected chi connectivity index (χ3v) is 3.21. The molecule has 0 aliphatic heterocycles. The van der Waals surface area contributed by atoms with Crippen molar-refractivity contribution >= 4 is 11.3 Å². The van der Waals surface area contributed by atoms with Gasteiger partial charge in [0.05, 0.1) is 0 Å². The fourth-order valence-corrected chi connectivity index (χ4v) is 2.21. The fraction of sp³-hybridized carbons (Fsp3) is 0.667. The van der Waals surface area contributed by atoms with Crippen LogP contribution in [0.2, 0.25) is 0 Å². The molecule has 0 fully saturated rings. The van der Waals surface area contributed by atoms with Crippen molar-refractivity contribution < 1.29 is 0 Å². The molecule has 1 unspecified atom stereocenters. The Balaban J connectivity index is 2.26. The van der Waals surface area contributed by atoms with Gasteiger partial charge in [0.15, 0.2) is 0 Å². The van der Waals surface area contributed by atoms with Crippen LogP contribution in [0.25, 0.3) is 0 Å². The van der Waals surface area contributed by atoms with Crippen LogP contribution in [-0.4, -0.2) is 6.04 Å². The molecule has 1 heterocycles. The van der Waals surface area contributed by atoms with E-state index in [2.05, 4.69) is 38.3 Å². The summed E-state index contributed by atoms with van der Waals surface area (Å²) in [7, 11) is 0. The van der Waals surface area contributed by atoms with E-state index < -0.39 is 0 Å². The average Bonchev–Trinajstić information content (AvgIpc) is 2.52. The van der Waals surface area contributed by atoms with E-state index in [0.29, 0.717) is 11.5 Å². The first-order valence-electron chi connectivity index (χ1n) is 5.25. The Hall–Kier alpha value is -0.340. The number of thiophene rings is 1. The van der Waals surface area contributed by atoms with Crippen LogP contribution in [0.15, 0.2) is 17.5 Å². The van der Waals surface area contributed by atoms with E-state index in [1.807, 2.05) is 0 Å². The molecular formula is C12H21NS. The highest BCUT2D eigenvalue weighted by molar-refractivity contribution is 7.09. The van der Waals surface area contributed by atoms with Gasteiger partial charge in [-0.15, -0.1) is 11.3 Å². The van der Waals surface area contributed by atoms with E-state index in [1.54, 1.807) is 11.3 Å². The van der Waals surface area contributed by atoms with Crippen LogP contribution >= 0.6 is 11.3 Å². The first-order valence-corrected chi connectivity index (χ1v) is 6.13. The molecule has 1 rings (SSSR count). The summed E-state index contributed by atoms with van der Waals surface area (Å²) in [5.41, 5.74) is 6.49. The smallest absolute Gasteiger partial charge is 0.00873 e. The molecule has 0 bridgehead atoms. The second-order valence-electron chi connectivity index (χ2n) is 5.14. The minimum absolute atomic E-state index is 0.327. The van der Waals surface area contributed by atoms with Gasteiger partial charge in [-0.3, -0.25) is 0 Å². The lowest BCUT2D eigenvalue weighted by Gasteiger charge is -2.20. The van der Waals surface area contributed by atoms with Gasteiger partial charge in [0.25, 0.3) is 0 Å². The van der Waals surface area contributed by atoms with Crippen molar-refractivity contribution in [2.24, 2.45) is 11.1 Å². The molecule has 1 atom stereocenters. The maximum Gasteiger partial charge on any atom is 0.00873 e. The van der Waals surface area contributed by atoms with Crippen LogP contribution in [-0.2, 0) is 6.42 Å². The summed E-state index contributed by atoms with van der Waals surface area (Å²) in [6.45, 7) is 6.81. The molecule has 0 aliphatic rings. The standard InChI is InChI=1S/C12H21NS/c1-12(2,3)7-6-10(13)9-11-5-4-8-14-11/h4-5,8,10H,6-7,9,13H2,1-3H3. The fourth-order valence-electron chi connectivity index (χ4n) is 1.41. The second kappa shape index (κ2) is 4.94. The van der Waals surface area contributed by atoms with Crippen molar-refractivity contribution in [2.45, 2.75) is 46.1 Å². The zero-order valence-corrected chi connectivity index (χ0v) is 10.2. The van der Waals surface area contributed by atoms with Crippen LogP contribution in [0.4, 0.5) is 0 Å². The van der Waals surface area contributed by atoms with Gasteiger partial charge in [0.1, 0.15) is 0 Å². The van der Waals surface area contributed by atoms with Gasteiger partial charge in [0, 0.05) is 10.9 Å². The molecule has 0 saturated heterocycles.